The van der Waals surface area contributed by atoms with Crippen molar-refractivity contribution in [2.24, 2.45) is 16.6 Å². The number of rotatable bonds is 4. The Morgan fingerprint density at radius 2 is 2.09 bits per heavy atom. The smallest absolute Gasteiger partial charge is 0.258 e. The molecule has 2 heterocycles. The van der Waals surface area contributed by atoms with Crippen LogP contribution in [0.2, 0.25) is 0 Å². The van der Waals surface area contributed by atoms with Gasteiger partial charge in [0, 0.05) is 19.4 Å². The lowest BCUT2D eigenvalue weighted by atomic mass is 9.75. The van der Waals surface area contributed by atoms with Crippen molar-refractivity contribution in [3.8, 4) is 0 Å². The van der Waals surface area contributed by atoms with Crippen molar-refractivity contribution in [1.29, 1.82) is 0 Å². The Balaban J connectivity index is 1.93. The second-order valence-corrected chi connectivity index (χ2v) is 6.59. The summed E-state index contributed by atoms with van der Waals surface area (Å²) in [7, 11) is 1.67. The van der Waals surface area contributed by atoms with Crippen LogP contribution in [0, 0.1) is 5.92 Å². The van der Waals surface area contributed by atoms with Gasteiger partial charge in [0.15, 0.2) is 11.5 Å². The molecule has 0 spiro atoms. The van der Waals surface area contributed by atoms with Crippen LogP contribution in [0.15, 0.2) is 23.6 Å². The Labute approximate surface area is 136 Å². The quantitative estimate of drug-likeness (QED) is 0.875. The number of nitrogens with two attached hydrogens (primary N) is 1. The maximum absolute atomic E-state index is 12.8. The van der Waals surface area contributed by atoms with E-state index in [4.69, 9.17) is 5.73 Å². The van der Waals surface area contributed by atoms with Gasteiger partial charge in [0.2, 0.25) is 0 Å². The highest BCUT2D eigenvalue weighted by atomic mass is 16.2. The zero-order valence-electron chi connectivity index (χ0n) is 13.7. The minimum Gasteiger partial charge on any atom is -0.369 e. The first kappa shape index (κ1) is 15.7. The number of nitrogens with one attached hydrogen (secondary N) is 1. The molecule has 0 aromatic carbocycles. The average molecular weight is 316 g/mol. The lowest BCUT2D eigenvalue weighted by Gasteiger charge is -2.38. The molecule has 0 radical (unpaired) electrons. The fraction of sp³-hybridized carbons (Fsp3) is 0.625. The maximum Gasteiger partial charge on any atom is 0.258 e. The second-order valence-electron chi connectivity index (χ2n) is 6.59. The van der Waals surface area contributed by atoms with E-state index in [1.165, 1.54) is 24.2 Å². The van der Waals surface area contributed by atoms with Crippen LogP contribution < -0.4 is 11.1 Å². The molecule has 2 aliphatic rings. The molecule has 7 nitrogen and oxygen atoms in total. The molecule has 3 rings (SSSR count). The number of likely N-dealkylation sites (N-methyl/N-ethyl adjacent to an activating group) is 1. The fourth-order valence-corrected chi connectivity index (χ4v) is 3.72. The summed E-state index contributed by atoms with van der Waals surface area (Å²) in [5.74, 6) is 1.24. The molecule has 1 aromatic rings. The van der Waals surface area contributed by atoms with Crippen LogP contribution in [-0.4, -0.2) is 45.4 Å². The number of carbonyl (C=O) groups excluding carboxylic acids is 1. The molecule has 124 valence electrons. The Morgan fingerprint density at radius 1 is 1.35 bits per heavy atom. The third-order valence-electron chi connectivity index (χ3n) is 5.02. The van der Waals surface area contributed by atoms with Gasteiger partial charge in [-0.05, 0) is 25.7 Å². The third-order valence-corrected chi connectivity index (χ3v) is 5.02. The lowest BCUT2D eigenvalue weighted by Crippen LogP contribution is -2.54. The fourth-order valence-electron chi connectivity index (χ4n) is 3.72. The van der Waals surface area contributed by atoms with Gasteiger partial charge in [0.1, 0.15) is 5.82 Å². The standard InChI is InChI=1S/C16H24N6O/c1-16(14(23)22(2)15(17)21-16)13(11-6-4-3-5-7-11)20-12-10-18-8-9-19-12/h8-11,13H,3-7H2,1-2H3,(H2,17,21)(H,19,20)/t13?,16-/m1/s1. The van der Waals surface area contributed by atoms with Crippen molar-refractivity contribution in [1.82, 2.24) is 14.9 Å². The van der Waals surface area contributed by atoms with Gasteiger partial charge >= 0.3 is 0 Å². The topological polar surface area (TPSA) is 96.5 Å². The highest BCUT2D eigenvalue weighted by Crippen LogP contribution is 2.37. The highest BCUT2D eigenvalue weighted by Gasteiger charge is 2.51. The number of anilines is 1. The van der Waals surface area contributed by atoms with Crippen LogP contribution in [-0.2, 0) is 4.79 Å². The van der Waals surface area contributed by atoms with Crippen molar-refractivity contribution < 1.29 is 4.79 Å². The summed E-state index contributed by atoms with van der Waals surface area (Å²) in [5, 5.41) is 3.42. The van der Waals surface area contributed by atoms with Gasteiger partial charge in [-0.25, -0.2) is 9.98 Å². The zero-order valence-corrected chi connectivity index (χ0v) is 13.7. The predicted octanol–water partition coefficient (Wildman–Crippen LogP) is 1.38. The lowest BCUT2D eigenvalue weighted by molar-refractivity contribution is -0.130. The number of amides is 1. The second kappa shape index (κ2) is 6.14. The molecule has 0 bridgehead atoms. The summed E-state index contributed by atoms with van der Waals surface area (Å²) >= 11 is 0. The van der Waals surface area contributed by atoms with Crippen molar-refractivity contribution in [2.45, 2.75) is 50.6 Å². The largest absolute Gasteiger partial charge is 0.369 e. The molecule has 3 N–H and O–H groups in total. The Kier molecular flexibility index (Phi) is 4.19. The third kappa shape index (κ3) is 2.87. The Morgan fingerprint density at radius 3 is 2.65 bits per heavy atom. The summed E-state index contributed by atoms with van der Waals surface area (Å²) in [6.45, 7) is 1.87. The molecule has 1 fully saturated rings. The molecule has 23 heavy (non-hydrogen) atoms. The number of hydrogen-bond acceptors (Lipinski definition) is 6. The first-order valence-corrected chi connectivity index (χ1v) is 8.18. The Hall–Kier alpha value is -2.18. The minimum atomic E-state index is -0.904. The summed E-state index contributed by atoms with van der Waals surface area (Å²) < 4.78 is 0. The predicted molar refractivity (Wildman–Crippen MR) is 88.8 cm³/mol. The van der Waals surface area contributed by atoms with E-state index in [0.29, 0.717) is 11.7 Å². The van der Waals surface area contributed by atoms with E-state index < -0.39 is 5.54 Å². The number of guanidine groups is 1. The van der Waals surface area contributed by atoms with E-state index in [-0.39, 0.29) is 17.9 Å². The normalized spacial score (nSPS) is 27.0. The van der Waals surface area contributed by atoms with Gasteiger partial charge < -0.3 is 11.1 Å². The van der Waals surface area contributed by atoms with E-state index >= 15 is 0 Å². The molecule has 1 unspecified atom stereocenters. The van der Waals surface area contributed by atoms with Crippen LogP contribution in [0.3, 0.4) is 0 Å². The van der Waals surface area contributed by atoms with Crippen LogP contribution in [0.5, 0.6) is 0 Å². The summed E-state index contributed by atoms with van der Waals surface area (Å²) in [4.78, 5) is 27.1. The van der Waals surface area contributed by atoms with Gasteiger partial charge in [-0.2, -0.15) is 0 Å². The van der Waals surface area contributed by atoms with E-state index in [1.54, 1.807) is 25.6 Å². The molecule has 1 saturated carbocycles. The number of aromatic nitrogens is 2. The molecule has 1 aliphatic heterocycles. The minimum absolute atomic E-state index is 0.0676. The van der Waals surface area contributed by atoms with Gasteiger partial charge in [0.05, 0.1) is 12.2 Å². The van der Waals surface area contributed by atoms with E-state index in [9.17, 15) is 4.79 Å². The van der Waals surface area contributed by atoms with Gasteiger partial charge in [-0.15, -0.1) is 0 Å². The molecule has 1 aliphatic carbocycles. The number of nitrogens with zero attached hydrogens (tertiary/aromatic N) is 4. The molecule has 2 atom stereocenters. The van der Waals surface area contributed by atoms with Crippen molar-refractivity contribution in [3.05, 3.63) is 18.6 Å². The first-order chi connectivity index (χ1) is 11.0. The van der Waals surface area contributed by atoms with Gasteiger partial charge in [-0.1, -0.05) is 19.3 Å². The van der Waals surface area contributed by atoms with Crippen LogP contribution in [0.25, 0.3) is 0 Å². The van der Waals surface area contributed by atoms with E-state index in [1.807, 2.05) is 6.92 Å². The Bertz CT molecular complexity index is 598. The molecular weight excluding hydrogens is 292 g/mol. The van der Waals surface area contributed by atoms with Crippen molar-refractivity contribution in [2.75, 3.05) is 12.4 Å². The van der Waals surface area contributed by atoms with Gasteiger partial charge in [0.25, 0.3) is 5.91 Å². The van der Waals surface area contributed by atoms with Crippen molar-refractivity contribution >= 4 is 17.7 Å². The molecule has 1 aromatic heterocycles. The van der Waals surface area contributed by atoms with Gasteiger partial charge in [-0.3, -0.25) is 14.7 Å². The molecule has 0 saturated heterocycles. The summed E-state index contributed by atoms with van der Waals surface area (Å²) in [6, 6.07) is -0.143. The van der Waals surface area contributed by atoms with E-state index in [0.717, 1.165) is 12.8 Å². The average Bonchev–Trinajstić information content (AvgIpc) is 2.78. The number of aliphatic imine (C=N–C) groups is 1. The van der Waals surface area contributed by atoms with Crippen LogP contribution in [0.4, 0.5) is 5.82 Å². The molecule has 7 heteroatoms. The monoisotopic (exact) mass is 316 g/mol. The van der Waals surface area contributed by atoms with Crippen molar-refractivity contribution in [3.63, 3.8) is 0 Å². The molecular formula is C16H24N6O. The SMILES string of the molecule is CN1C(=O)[C@@](C)(C(Nc2cnccn2)C2CCCCC2)N=C1N. The van der Waals surface area contributed by atoms with Crippen LogP contribution in [0.1, 0.15) is 39.0 Å². The van der Waals surface area contributed by atoms with E-state index in [2.05, 4.69) is 20.3 Å². The number of carbonyl (C=O) groups is 1. The van der Waals surface area contributed by atoms with Crippen LogP contribution >= 0.6 is 0 Å². The first-order valence-electron chi connectivity index (χ1n) is 8.18. The summed E-state index contributed by atoms with van der Waals surface area (Å²) in [5.41, 5.74) is 5.00. The highest BCUT2D eigenvalue weighted by molar-refractivity contribution is 6.07. The zero-order chi connectivity index (χ0) is 16.4. The summed E-state index contributed by atoms with van der Waals surface area (Å²) in [6.07, 6.45) is 10.7. The maximum atomic E-state index is 12.8. The number of hydrogen-bond donors (Lipinski definition) is 2. The molecule has 1 amide bonds.